The van der Waals surface area contributed by atoms with E-state index in [1.165, 1.54) is 12.1 Å². The van der Waals surface area contributed by atoms with Gasteiger partial charge >= 0.3 is 0 Å². The minimum Gasteiger partial charge on any atom is -0.392 e. The van der Waals surface area contributed by atoms with Gasteiger partial charge in [0, 0.05) is 23.5 Å². The molecule has 0 heterocycles. The summed E-state index contributed by atoms with van der Waals surface area (Å²) < 4.78 is 0.687. The zero-order valence-electron chi connectivity index (χ0n) is 12.7. The number of hydrogen-bond acceptors (Lipinski definition) is 5. The Kier molecular flexibility index (Phi) is 9.03. The van der Waals surface area contributed by atoms with Gasteiger partial charge in [-0.2, -0.15) is 0 Å². The van der Waals surface area contributed by atoms with Gasteiger partial charge in [0.15, 0.2) is 0 Å². The number of halogens is 1. The van der Waals surface area contributed by atoms with Crippen LogP contribution in [0.25, 0.3) is 0 Å². The van der Waals surface area contributed by atoms with Crippen molar-refractivity contribution in [1.82, 2.24) is 5.32 Å². The Bertz CT molecular complexity index is 539. The van der Waals surface area contributed by atoms with E-state index in [0.717, 1.165) is 6.42 Å². The van der Waals surface area contributed by atoms with Crippen molar-refractivity contribution in [1.29, 1.82) is 0 Å². The number of alkyl halides is 1. The third-order valence-electron chi connectivity index (χ3n) is 3.38. The molecule has 1 amide bonds. The molecule has 1 unspecified atom stereocenters. The van der Waals surface area contributed by atoms with Crippen molar-refractivity contribution in [3.05, 3.63) is 39.4 Å². The van der Waals surface area contributed by atoms with Gasteiger partial charge in [-0.25, -0.2) is 0 Å². The summed E-state index contributed by atoms with van der Waals surface area (Å²) in [4.78, 5) is 22.1. The van der Waals surface area contributed by atoms with Gasteiger partial charge in [0.25, 0.3) is 5.69 Å². The van der Waals surface area contributed by atoms with Gasteiger partial charge in [0.2, 0.25) is 5.91 Å². The molecule has 0 fully saturated rings. The molecule has 0 aliphatic rings. The summed E-state index contributed by atoms with van der Waals surface area (Å²) >= 11 is 2.12. The highest BCUT2D eigenvalue weighted by Gasteiger charge is 2.14. The van der Waals surface area contributed by atoms with E-state index in [9.17, 15) is 20.0 Å². The van der Waals surface area contributed by atoms with Crippen LogP contribution in [-0.4, -0.2) is 31.6 Å². The number of nitrogens with one attached hydrogen (secondary N) is 1. The van der Waals surface area contributed by atoms with E-state index in [1.54, 1.807) is 6.07 Å². The van der Waals surface area contributed by atoms with Gasteiger partial charge in [-0.1, -0.05) is 35.1 Å². The largest absolute Gasteiger partial charge is 0.392 e. The molecule has 0 spiro atoms. The third kappa shape index (κ3) is 7.23. The van der Waals surface area contributed by atoms with Gasteiger partial charge < -0.3 is 15.5 Å². The molecule has 8 heteroatoms. The van der Waals surface area contributed by atoms with E-state index >= 15 is 0 Å². The molecular formula is C15H21IN2O5. The van der Waals surface area contributed by atoms with E-state index in [4.69, 9.17) is 5.11 Å². The third-order valence-corrected chi connectivity index (χ3v) is 4.39. The highest BCUT2D eigenvalue weighted by Crippen LogP contribution is 2.20. The van der Waals surface area contributed by atoms with Crippen LogP contribution in [-0.2, 0) is 17.9 Å². The molecule has 1 aromatic rings. The summed E-state index contributed by atoms with van der Waals surface area (Å²) in [5, 5.41) is 32.1. The lowest BCUT2D eigenvalue weighted by atomic mass is 10.1. The van der Waals surface area contributed by atoms with E-state index in [1.807, 2.05) is 0 Å². The molecule has 1 rings (SSSR count). The lowest BCUT2D eigenvalue weighted by molar-refractivity contribution is -0.385. The fraction of sp³-hybridized carbons (Fsp3) is 0.533. The average Bonchev–Trinajstić information content (AvgIpc) is 2.56. The normalized spacial score (nSPS) is 12.0. The monoisotopic (exact) mass is 436 g/mol. The number of nitrogens with zero attached hydrogens (tertiary/aromatic N) is 1. The molecule has 1 atom stereocenters. The first-order valence-electron chi connectivity index (χ1n) is 7.35. The van der Waals surface area contributed by atoms with E-state index in [2.05, 4.69) is 27.9 Å². The molecule has 7 nitrogen and oxygen atoms in total. The molecule has 0 saturated carbocycles. The Hall–Kier alpha value is -1.26. The quantitative estimate of drug-likeness (QED) is 0.171. The molecule has 0 aromatic heterocycles. The van der Waals surface area contributed by atoms with Crippen molar-refractivity contribution in [2.45, 2.75) is 44.9 Å². The van der Waals surface area contributed by atoms with E-state index in [-0.39, 0.29) is 29.8 Å². The molecular weight excluding hydrogens is 415 g/mol. The predicted octanol–water partition coefficient (Wildman–Crippen LogP) is 2.06. The first kappa shape index (κ1) is 19.8. The zero-order chi connectivity index (χ0) is 17.2. The van der Waals surface area contributed by atoms with Gasteiger partial charge in [0.1, 0.15) is 0 Å². The Balaban J connectivity index is 2.41. The Morgan fingerprint density at radius 2 is 2.13 bits per heavy atom. The standard InChI is InChI=1S/C15H21IN2O5/c16-8-13(20)3-1-2-4-15(21)17-9-11-5-6-12(10-19)14(7-11)18(22)23/h5-7,13,19-20H,1-4,8-10H2,(H,17,21). The van der Waals surface area contributed by atoms with Crippen LogP contribution in [0.15, 0.2) is 18.2 Å². The van der Waals surface area contributed by atoms with E-state index in [0.29, 0.717) is 29.3 Å². The first-order chi connectivity index (χ1) is 11.0. The van der Waals surface area contributed by atoms with Gasteiger partial charge in [-0.15, -0.1) is 0 Å². The summed E-state index contributed by atoms with van der Waals surface area (Å²) in [6.45, 7) is -0.187. The number of benzene rings is 1. The molecule has 3 N–H and O–H groups in total. The SMILES string of the molecule is O=C(CCCCC(O)CI)NCc1ccc(CO)c([N+](=O)[O-])c1. The average molecular weight is 436 g/mol. The van der Waals surface area contributed by atoms with Crippen LogP contribution in [0.5, 0.6) is 0 Å². The van der Waals surface area contributed by atoms with Crippen molar-refractivity contribution in [3.63, 3.8) is 0 Å². The number of unbranched alkanes of at least 4 members (excludes halogenated alkanes) is 1. The van der Waals surface area contributed by atoms with E-state index < -0.39 is 11.5 Å². The summed E-state index contributed by atoms with van der Waals surface area (Å²) in [5.41, 5.74) is 0.716. The minimum absolute atomic E-state index is 0.122. The Morgan fingerprint density at radius 1 is 1.39 bits per heavy atom. The van der Waals surface area contributed by atoms with Crippen LogP contribution in [0.1, 0.15) is 36.8 Å². The van der Waals surface area contributed by atoms with Crippen LogP contribution < -0.4 is 5.32 Å². The number of aliphatic hydroxyl groups excluding tert-OH is 2. The number of nitro groups is 1. The number of rotatable bonds is 10. The van der Waals surface area contributed by atoms with Crippen molar-refractivity contribution >= 4 is 34.2 Å². The molecule has 0 aliphatic carbocycles. The maximum atomic E-state index is 11.7. The zero-order valence-corrected chi connectivity index (χ0v) is 14.9. The lowest BCUT2D eigenvalue weighted by Crippen LogP contribution is -2.22. The smallest absolute Gasteiger partial charge is 0.275 e. The summed E-state index contributed by atoms with van der Waals surface area (Å²) in [7, 11) is 0. The number of nitro benzene ring substituents is 1. The molecule has 23 heavy (non-hydrogen) atoms. The van der Waals surface area contributed by atoms with Crippen LogP contribution in [0, 0.1) is 10.1 Å². The van der Waals surface area contributed by atoms with Gasteiger partial charge in [-0.3, -0.25) is 14.9 Å². The van der Waals surface area contributed by atoms with Crippen molar-refractivity contribution in [2.75, 3.05) is 4.43 Å². The second-order valence-corrected chi connectivity index (χ2v) is 6.09. The summed E-state index contributed by atoms with van der Waals surface area (Å²) in [6.07, 6.45) is 2.22. The van der Waals surface area contributed by atoms with Crippen LogP contribution >= 0.6 is 22.6 Å². The molecule has 0 bridgehead atoms. The highest BCUT2D eigenvalue weighted by atomic mass is 127. The number of amides is 1. The number of carbonyl (C=O) groups excluding carboxylic acids is 1. The van der Waals surface area contributed by atoms with Crippen LogP contribution in [0.3, 0.4) is 0 Å². The van der Waals surface area contributed by atoms with Crippen molar-refractivity contribution in [2.24, 2.45) is 0 Å². The highest BCUT2D eigenvalue weighted by molar-refractivity contribution is 14.1. The maximum absolute atomic E-state index is 11.7. The first-order valence-corrected chi connectivity index (χ1v) is 8.88. The molecule has 0 radical (unpaired) electrons. The molecule has 1 aromatic carbocycles. The Morgan fingerprint density at radius 3 is 2.74 bits per heavy atom. The topological polar surface area (TPSA) is 113 Å². The van der Waals surface area contributed by atoms with Crippen molar-refractivity contribution < 1.29 is 19.9 Å². The Labute approximate surface area is 148 Å². The predicted molar refractivity (Wildman–Crippen MR) is 94.2 cm³/mol. The van der Waals surface area contributed by atoms with Crippen molar-refractivity contribution in [3.8, 4) is 0 Å². The number of carbonyl (C=O) groups is 1. The van der Waals surface area contributed by atoms with Gasteiger partial charge in [-0.05, 0) is 24.5 Å². The summed E-state index contributed by atoms with van der Waals surface area (Å²) in [6, 6.07) is 4.50. The molecule has 0 saturated heterocycles. The maximum Gasteiger partial charge on any atom is 0.275 e. The number of hydrogen-bond donors (Lipinski definition) is 3. The number of aliphatic hydroxyl groups is 2. The molecule has 0 aliphatic heterocycles. The second-order valence-electron chi connectivity index (χ2n) is 5.21. The van der Waals surface area contributed by atoms with Crippen LogP contribution in [0.4, 0.5) is 5.69 Å². The fourth-order valence-corrected chi connectivity index (χ4v) is 2.50. The molecule has 128 valence electrons. The summed E-state index contributed by atoms with van der Waals surface area (Å²) in [5.74, 6) is -0.122. The minimum atomic E-state index is -0.546. The second kappa shape index (κ2) is 10.5. The van der Waals surface area contributed by atoms with Gasteiger partial charge in [0.05, 0.1) is 23.2 Å². The van der Waals surface area contributed by atoms with Crippen LogP contribution in [0.2, 0.25) is 0 Å². The fourth-order valence-electron chi connectivity index (χ4n) is 2.05. The lowest BCUT2D eigenvalue weighted by Gasteiger charge is -2.08.